The standard InChI is InChI=1S/C15H19BrN2/c1-10-8-12(15(3,4)5)9-11(2)13(10)18-7-6-17-14(18)16/h6-9H,1-5H3/i1D3,2D3,6D,7D. The van der Waals surface area contributed by atoms with Gasteiger partial charge in [-0.1, -0.05) is 32.9 Å². The van der Waals surface area contributed by atoms with Crippen molar-refractivity contribution in [2.75, 3.05) is 0 Å². The fourth-order valence-electron chi connectivity index (χ4n) is 1.67. The number of imidazole rings is 1. The van der Waals surface area contributed by atoms with Gasteiger partial charge in [0.15, 0.2) is 4.73 Å². The largest absolute Gasteiger partial charge is 0.294 e. The maximum atomic E-state index is 8.05. The Balaban J connectivity index is 3.06. The van der Waals surface area contributed by atoms with Gasteiger partial charge in [0, 0.05) is 20.6 Å². The van der Waals surface area contributed by atoms with E-state index in [1.165, 1.54) is 12.1 Å². The van der Waals surface area contributed by atoms with Gasteiger partial charge in [0.05, 0.1) is 8.43 Å². The Labute approximate surface area is 128 Å². The molecule has 1 aromatic carbocycles. The Hall–Kier alpha value is -1.09. The quantitative estimate of drug-likeness (QED) is 0.755. The molecule has 0 N–H and O–H groups in total. The Bertz CT molecular complexity index is 808. The van der Waals surface area contributed by atoms with Crippen molar-refractivity contribution in [1.29, 1.82) is 0 Å². The first-order valence-corrected chi connectivity index (χ1v) is 6.25. The zero-order valence-electron chi connectivity index (χ0n) is 18.4. The van der Waals surface area contributed by atoms with E-state index in [4.69, 9.17) is 11.0 Å². The molecule has 3 heteroatoms. The number of hydrogen-bond donors (Lipinski definition) is 0. The molecule has 0 atom stereocenters. The number of benzene rings is 1. The van der Waals surface area contributed by atoms with Crippen LogP contribution in [0, 0.1) is 13.7 Å². The molecule has 0 saturated carbocycles. The van der Waals surface area contributed by atoms with Gasteiger partial charge >= 0.3 is 0 Å². The van der Waals surface area contributed by atoms with Gasteiger partial charge in [0.25, 0.3) is 0 Å². The summed E-state index contributed by atoms with van der Waals surface area (Å²) < 4.78 is 64.2. The lowest BCUT2D eigenvalue weighted by atomic mass is 9.85. The second-order valence-corrected chi connectivity index (χ2v) is 5.82. The van der Waals surface area contributed by atoms with Gasteiger partial charge in [0.2, 0.25) is 0 Å². The van der Waals surface area contributed by atoms with Gasteiger partial charge in [-0.2, -0.15) is 0 Å². The number of aromatic nitrogens is 2. The topological polar surface area (TPSA) is 17.8 Å². The molecule has 96 valence electrons. The highest BCUT2D eigenvalue weighted by Gasteiger charge is 2.17. The summed E-state index contributed by atoms with van der Waals surface area (Å²) in [6, 6.07) is 2.90. The number of nitrogens with zero attached hydrogens (tertiary/aromatic N) is 2. The summed E-state index contributed by atoms with van der Waals surface area (Å²) in [6.45, 7) is 0.350. The predicted molar refractivity (Wildman–Crippen MR) is 79.4 cm³/mol. The summed E-state index contributed by atoms with van der Waals surface area (Å²) in [5, 5.41) is 0. The van der Waals surface area contributed by atoms with Crippen molar-refractivity contribution in [2.24, 2.45) is 0 Å². The van der Waals surface area contributed by atoms with Crippen LogP contribution < -0.4 is 0 Å². The van der Waals surface area contributed by atoms with Crippen LogP contribution in [-0.2, 0) is 5.41 Å². The third-order valence-corrected chi connectivity index (χ3v) is 3.23. The fraction of sp³-hybridized carbons (Fsp3) is 0.400. The van der Waals surface area contributed by atoms with Crippen molar-refractivity contribution in [3.8, 4) is 5.69 Å². The van der Waals surface area contributed by atoms with E-state index in [0.717, 1.165) is 4.57 Å². The van der Waals surface area contributed by atoms with E-state index >= 15 is 0 Å². The minimum atomic E-state index is -2.62. The summed E-state index contributed by atoms with van der Waals surface area (Å²) in [7, 11) is 0. The molecule has 0 radical (unpaired) electrons. The summed E-state index contributed by atoms with van der Waals surface area (Å²) in [5.41, 5.74) is -0.451. The summed E-state index contributed by atoms with van der Waals surface area (Å²) in [4.78, 5) is 3.80. The van der Waals surface area contributed by atoms with Gasteiger partial charge in [-0.05, 0) is 51.7 Å². The second-order valence-electron chi connectivity index (χ2n) is 5.11. The molecule has 1 heterocycles. The van der Waals surface area contributed by atoms with Gasteiger partial charge < -0.3 is 0 Å². The van der Waals surface area contributed by atoms with Gasteiger partial charge in [-0.25, -0.2) is 4.98 Å². The lowest BCUT2D eigenvalue weighted by Crippen LogP contribution is -2.13. The predicted octanol–water partition coefficient (Wildman–Crippen LogP) is 4.55. The number of rotatable bonds is 1. The van der Waals surface area contributed by atoms with E-state index in [-0.39, 0.29) is 27.7 Å². The van der Waals surface area contributed by atoms with Crippen LogP contribution in [0.15, 0.2) is 29.2 Å². The van der Waals surface area contributed by atoms with Crippen molar-refractivity contribution >= 4 is 15.9 Å². The number of halogens is 1. The molecule has 0 saturated heterocycles. The Morgan fingerprint density at radius 1 is 1.28 bits per heavy atom. The Morgan fingerprint density at radius 3 is 2.28 bits per heavy atom. The smallest absolute Gasteiger partial charge is 0.181 e. The number of hydrogen-bond acceptors (Lipinski definition) is 1. The highest BCUT2D eigenvalue weighted by molar-refractivity contribution is 9.10. The first kappa shape index (κ1) is 6.38. The maximum Gasteiger partial charge on any atom is 0.181 e. The van der Waals surface area contributed by atoms with E-state index in [9.17, 15) is 0 Å². The molecule has 0 spiro atoms. The van der Waals surface area contributed by atoms with Crippen molar-refractivity contribution in [1.82, 2.24) is 9.55 Å². The van der Waals surface area contributed by atoms with Crippen LogP contribution in [0.25, 0.3) is 5.69 Å². The molecule has 0 unspecified atom stereocenters. The van der Waals surface area contributed by atoms with E-state index in [1.807, 2.05) is 20.8 Å². The SMILES string of the molecule is [2H]c1nc(Br)n(-c2c(C([2H])([2H])[2H])cc(C(C)(C)C)cc2C([2H])([2H])[2H])c1[2H]. The zero-order valence-corrected chi connectivity index (χ0v) is 12.0. The molecule has 0 aliphatic rings. The average molecular weight is 315 g/mol. The van der Waals surface area contributed by atoms with Gasteiger partial charge in [0.1, 0.15) is 0 Å². The normalized spacial score (nSPS) is 19.8. The van der Waals surface area contributed by atoms with Crippen LogP contribution in [0.2, 0.25) is 0 Å². The van der Waals surface area contributed by atoms with Crippen LogP contribution in [-0.4, -0.2) is 9.55 Å². The van der Waals surface area contributed by atoms with Crippen molar-refractivity contribution in [3.63, 3.8) is 0 Å². The monoisotopic (exact) mass is 314 g/mol. The molecule has 0 bridgehead atoms. The fourth-order valence-corrected chi connectivity index (χ4v) is 2.03. The van der Waals surface area contributed by atoms with Gasteiger partial charge in [-0.15, -0.1) is 0 Å². The molecule has 2 aromatic rings. The van der Waals surface area contributed by atoms with Crippen LogP contribution in [0.4, 0.5) is 0 Å². The van der Waals surface area contributed by atoms with Crippen molar-refractivity contribution in [3.05, 3.63) is 45.9 Å². The lowest BCUT2D eigenvalue weighted by molar-refractivity contribution is 0.589. The Kier molecular flexibility index (Phi) is 1.61. The minimum absolute atomic E-state index is 0.00649. The molecule has 2 rings (SSSR count). The Morgan fingerprint density at radius 2 is 1.89 bits per heavy atom. The summed E-state index contributed by atoms with van der Waals surface area (Å²) in [5.74, 6) is 0. The number of aryl methyl sites for hydroxylation is 2. The highest BCUT2D eigenvalue weighted by atomic mass is 79.9. The highest BCUT2D eigenvalue weighted by Crippen LogP contribution is 2.29. The lowest BCUT2D eigenvalue weighted by Gasteiger charge is -2.22. The van der Waals surface area contributed by atoms with E-state index in [1.54, 1.807) is 0 Å². The zero-order chi connectivity index (χ0) is 20.2. The van der Waals surface area contributed by atoms with E-state index in [0.29, 0.717) is 5.56 Å². The molecule has 0 amide bonds. The van der Waals surface area contributed by atoms with Gasteiger partial charge in [-0.3, -0.25) is 4.57 Å². The first-order valence-electron chi connectivity index (χ1n) is 9.46. The van der Waals surface area contributed by atoms with Crippen molar-refractivity contribution in [2.45, 2.75) is 39.9 Å². The maximum absolute atomic E-state index is 8.05. The van der Waals surface area contributed by atoms with Crippen molar-refractivity contribution < 1.29 is 11.0 Å². The molecule has 2 nitrogen and oxygen atoms in total. The van der Waals surface area contributed by atoms with Crippen LogP contribution in [0.1, 0.15) is 48.4 Å². The second kappa shape index (κ2) is 4.54. The molecular weight excluding hydrogens is 288 g/mol. The van der Waals surface area contributed by atoms with E-state index < -0.39 is 25.3 Å². The van der Waals surface area contributed by atoms with Crippen LogP contribution in [0.5, 0.6) is 0 Å². The molecular formula is C15H19BrN2. The van der Waals surface area contributed by atoms with E-state index in [2.05, 4.69) is 20.9 Å². The molecule has 0 aliphatic heterocycles. The third kappa shape index (κ3) is 2.37. The van der Waals surface area contributed by atoms with Crippen LogP contribution in [0.3, 0.4) is 0 Å². The summed E-state index contributed by atoms with van der Waals surface area (Å²) >= 11 is 3.11. The van der Waals surface area contributed by atoms with Crippen LogP contribution >= 0.6 is 15.9 Å². The minimum Gasteiger partial charge on any atom is -0.294 e. The molecule has 0 fully saturated rings. The molecule has 18 heavy (non-hydrogen) atoms. The third-order valence-electron chi connectivity index (χ3n) is 2.69. The molecule has 0 aliphatic carbocycles. The average Bonchev–Trinajstić information content (AvgIpc) is 2.67. The first-order chi connectivity index (χ1) is 11.5. The molecule has 1 aromatic heterocycles. The summed E-state index contributed by atoms with van der Waals surface area (Å²) in [6.07, 6.45) is -0.777.